The number of hydrogen-bond acceptors (Lipinski definition) is 1. The molecule has 0 saturated carbocycles. The van der Waals surface area contributed by atoms with Crippen LogP contribution in [0.25, 0.3) is 0 Å². The molecule has 0 bridgehead atoms. The van der Waals surface area contributed by atoms with Gasteiger partial charge in [0.1, 0.15) is 0 Å². The molecule has 5 heavy (non-hydrogen) atoms. The van der Waals surface area contributed by atoms with Crippen LogP contribution in [0.4, 0.5) is 0 Å². The third-order valence-electron chi connectivity index (χ3n) is 0. The molecule has 0 unspecified atom stereocenters. The first-order valence-corrected chi connectivity index (χ1v) is 0.926. The van der Waals surface area contributed by atoms with Crippen LogP contribution in [0.5, 0.6) is 0 Å². The van der Waals surface area contributed by atoms with Gasteiger partial charge in [0.05, 0.1) is 23.7 Å². The van der Waals surface area contributed by atoms with Crippen molar-refractivity contribution >= 4 is 23.7 Å². The predicted octanol–water partition coefficient (Wildman–Crippen LogP) is 0.483. The van der Waals surface area contributed by atoms with Gasteiger partial charge < -0.3 is 5.48 Å². The molecule has 0 rings (SSSR count). The van der Waals surface area contributed by atoms with Crippen molar-refractivity contribution < 1.29 is 30.4 Å². The van der Waals surface area contributed by atoms with E-state index in [4.69, 9.17) is 0 Å². The van der Waals surface area contributed by atoms with E-state index in [0.29, 0.717) is 0 Å². The Kier molecular flexibility index (Phi) is 62.3. The minimum absolute atomic E-state index is 0. The molecule has 2 nitrogen and oxygen atoms in total. The van der Waals surface area contributed by atoms with Crippen molar-refractivity contribution in [2.24, 2.45) is 0 Å². The minimum atomic E-state index is 0. The van der Waals surface area contributed by atoms with E-state index in [9.17, 15) is 0 Å². The van der Waals surface area contributed by atoms with Crippen molar-refractivity contribution in [2.45, 2.75) is 0 Å². The Bertz CT molecular complexity index is 7.61. The number of halogens is 2. The summed E-state index contributed by atoms with van der Waals surface area (Å²) >= 11 is 8.53. The normalized spacial score (nSPS) is 3.60. The Balaban J connectivity index is -0.0000000200. The summed E-state index contributed by atoms with van der Waals surface area (Å²) in [7, 11) is 0. The number of rotatable bonds is 0. The second-order valence-corrected chi connectivity index (χ2v) is 0.525. The summed E-state index contributed by atoms with van der Waals surface area (Å²) < 4.78 is 3.19. The van der Waals surface area contributed by atoms with E-state index in [2.05, 4.69) is 27.6 Å². The first-order valence-electron chi connectivity index (χ1n) is 0.309. The predicted molar refractivity (Wildman–Crippen MR) is 16.4 cm³/mol. The number of hydrogen-bond donors (Lipinski definition) is 0. The molecule has 0 spiro atoms. The van der Waals surface area contributed by atoms with Crippen LogP contribution < -0.4 is 0 Å². The molecule has 0 aromatic rings. The molecule has 0 aliphatic rings. The minimum Gasteiger partial charge on any atom is -0.412 e. The van der Waals surface area contributed by atoms with Crippen LogP contribution in [0.15, 0.2) is 0 Å². The Morgan fingerprint density at radius 2 is 1.20 bits per heavy atom. The standard InChI is InChI=1S/Cl2O.H2O.W/c1-3-2;;/h;1H2;. The third kappa shape index (κ3) is 37.3. The summed E-state index contributed by atoms with van der Waals surface area (Å²) in [6.07, 6.45) is 0. The van der Waals surface area contributed by atoms with Crippen LogP contribution in [0.1, 0.15) is 0 Å². The van der Waals surface area contributed by atoms with Crippen LogP contribution in [0.3, 0.4) is 0 Å². The Morgan fingerprint density at radius 3 is 1.20 bits per heavy atom. The molecule has 5 heteroatoms. The molecule has 0 radical (unpaired) electrons. The molecule has 0 fully saturated rings. The van der Waals surface area contributed by atoms with Gasteiger partial charge in [-0.3, -0.25) is 0 Å². The molecular weight excluding hydrogens is 287 g/mol. The zero-order valence-corrected chi connectivity index (χ0v) is 6.52. The maximum Gasteiger partial charge on any atom is 0.0832 e. The van der Waals surface area contributed by atoms with Gasteiger partial charge in [-0.15, -0.1) is 0 Å². The van der Waals surface area contributed by atoms with Crippen molar-refractivity contribution in [3.8, 4) is 0 Å². The van der Waals surface area contributed by atoms with Gasteiger partial charge >= 0.3 is 0 Å². The van der Waals surface area contributed by atoms with Gasteiger partial charge in [0.25, 0.3) is 0 Å². The summed E-state index contributed by atoms with van der Waals surface area (Å²) in [6, 6.07) is 0. The maximum atomic E-state index is 4.26. The molecular formula is H2Cl2O2W. The van der Waals surface area contributed by atoms with Crippen molar-refractivity contribution in [1.29, 1.82) is 0 Å². The van der Waals surface area contributed by atoms with Gasteiger partial charge in [0.15, 0.2) is 0 Å². The van der Waals surface area contributed by atoms with Crippen LogP contribution >= 0.6 is 23.7 Å². The van der Waals surface area contributed by atoms with Gasteiger partial charge in [-0.2, -0.15) is 3.84 Å². The van der Waals surface area contributed by atoms with Gasteiger partial charge in [-0.1, -0.05) is 0 Å². The Hall–Kier alpha value is 1.19. The molecule has 0 aliphatic heterocycles. The van der Waals surface area contributed by atoms with E-state index in [1.54, 1.807) is 0 Å². The molecule has 0 amide bonds. The molecule has 2 N–H and O–H groups in total. The van der Waals surface area contributed by atoms with Gasteiger partial charge in [0, 0.05) is 21.1 Å². The quantitative estimate of drug-likeness (QED) is 0.639. The SMILES string of the molecule is ClOCl.O.[W]. The van der Waals surface area contributed by atoms with E-state index in [1.165, 1.54) is 0 Å². The fourth-order valence-corrected chi connectivity index (χ4v) is 0. The molecule has 0 atom stereocenters. The third-order valence-corrected chi connectivity index (χ3v) is 0. The smallest absolute Gasteiger partial charge is 0.0832 e. The maximum absolute atomic E-state index is 4.26. The average Bonchev–Trinajstić information content (AvgIpc) is 0.918. The largest absolute Gasteiger partial charge is 0.412 e. The van der Waals surface area contributed by atoms with Crippen LogP contribution in [0.2, 0.25) is 0 Å². The first-order chi connectivity index (χ1) is 1.41. The van der Waals surface area contributed by atoms with Crippen LogP contribution in [-0.2, 0) is 24.9 Å². The summed E-state index contributed by atoms with van der Waals surface area (Å²) in [4.78, 5) is 0. The van der Waals surface area contributed by atoms with Crippen molar-refractivity contribution in [3.63, 3.8) is 0 Å². The topological polar surface area (TPSA) is 40.7 Å². The summed E-state index contributed by atoms with van der Waals surface area (Å²) in [5.41, 5.74) is 0. The van der Waals surface area contributed by atoms with Crippen molar-refractivity contribution in [2.75, 3.05) is 0 Å². The fraction of sp³-hybridized carbons (Fsp3) is 0. The summed E-state index contributed by atoms with van der Waals surface area (Å²) in [5.74, 6) is 0. The van der Waals surface area contributed by atoms with E-state index in [-0.39, 0.29) is 26.5 Å². The second kappa shape index (κ2) is 19.0. The van der Waals surface area contributed by atoms with Gasteiger partial charge in [-0.25, -0.2) is 0 Å². The molecule has 34 valence electrons. The van der Waals surface area contributed by atoms with E-state index < -0.39 is 0 Å². The van der Waals surface area contributed by atoms with E-state index >= 15 is 0 Å². The molecule has 0 saturated heterocycles. The van der Waals surface area contributed by atoms with Crippen molar-refractivity contribution in [1.82, 2.24) is 0 Å². The van der Waals surface area contributed by atoms with Crippen molar-refractivity contribution in [3.05, 3.63) is 0 Å². The van der Waals surface area contributed by atoms with Gasteiger partial charge in [-0.05, 0) is 0 Å². The second-order valence-electron chi connectivity index (χ2n) is 0.0583. The molecule has 0 aromatic heterocycles. The van der Waals surface area contributed by atoms with E-state index in [0.717, 1.165) is 0 Å². The molecule has 0 heterocycles. The monoisotopic (exact) mass is 288 g/mol. The molecule has 0 aromatic carbocycles. The van der Waals surface area contributed by atoms with Gasteiger partial charge in [0.2, 0.25) is 0 Å². The average molecular weight is 289 g/mol. The van der Waals surface area contributed by atoms with Crippen LogP contribution in [-0.4, -0.2) is 5.48 Å². The first kappa shape index (κ1) is 16.4. The Labute approximate surface area is 54.3 Å². The summed E-state index contributed by atoms with van der Waals surface area (Å²) in [6.45, 7) is 0. The molecule has 0 aliphatic carbocycles. The Morgan fingerprint density at radius 1 is 1.20 bits per heavy atom. The zero-order chi connectivity index (χ0) is 2.71. The fourth-order valence-electron chi connectivity index (χ4n) is 0. The van der Waals surface area contributed by atoms with E-state index in [1.807, 2.05) is 0 Å². The summed E-state index contributed by atoms with van der Waals surface area (Å²) in [5, 5.41) is 0. The zero-order valence-electron chi connectivity index (χ0n) is 2.07. The van der Waals surface area contributed by atoms with Crippen LogP contribution in [0, 0.1) is 0 Å².